The maximum absolute atomic E-state index is 5.65. The summed E-state index contributed by atoms with van der Waals surface area (Å²) >= 11 is 8.67. The lowest BCUT2D eigenvalue weighted by Crippen LogP contribution is -2.55. The summed E-state index contributed by atoms with van der Waals surface area (Å²) < 4.78 is -0.565. The molecule has 1 aliphatic rings. The van der Waals surface area contributed by atoms with Gasteiger partial charge in [0, 0.05) is 12.7 Å². The standard InChI is InChI=1S/C18H18BrN3S/c19-18(21-17(20)23)10-3-4-11-22(18)12-9-14-7-8-15-5-1-2-6-16(15)13-14/h1-8,10-11,13H,9,12H2,(H3,20,21,23). The molecule has 0 fully saturated rings. The van der Waals surface area contributed by atoms with E-state index in [0.717, 1.165) is 13.0 Å². The zero-order valence-electron chi connectivity index (χ0n) is 12.6. The number of benzene rings is 2. The quantitative estimate of drug-likeness (QED) is 0.477. The van der Waals surface area contributed by atoms with E-state index in [0.29, 0.717) is 0 Å². The van der Waals surface area contributed by atoms with Crippen molar-refractivity contribution in [2.24, 2.45) is 5.73 Å². The summed E-state index contributed by atoms with van der Waals surface area (Å²) in [5, 5.41) is 5.88. The topological polar surface area (TPSA) is 41.3 Å². The van der Waals surface area contributed by atoms with Crippen LogP contribution in [0.1, 0.15) is 5.56 Å². The molecule has 5 heteroatoms. The zero-order valence-corrected chi connectivity index (χ0v) is 15.0. The van der Waals surface area contributed by atoms with E-state index < -0.39 is 4.57 Å². The van der Waals surface area contributed by atoms with Crippen molar-refractivity contribution in [1.29, 1.82) is 0 Å². The third-order valence-electron chi connectivity index (χ3n) is 3.87. The van der Waals surface area contributed by atoms with Crippen LogP contribution in [0.15, 0.2) is 66.9 Å². The lowest BCUT2D eigenvalue weighted by Gasteiger charge is -2.39. The number of fused-ring (bicyclic) bond motifs is 1. The summed E-state index contributed by atoms with van der Waals surface area (Å²) in [6, 6.07) is 15.0. The lowest BCUT2D eigenvalue weighted by molar-refractivity contribution is 0.278. The molecule has 0 amide bonds. The molecule has 1 heterocycles. The number of thiocarbonyl (C=S) groups is 1. The van der Waals surface area contributed by atoms with Gasteiger partial charge in [-0.2, -0.15) is 0 Å². The van der Waals surface area contributed by atoms with Gasteiger partial charge in [0.2, 0.25) is 0 Å². The molecule has 0 saturated carbocycles. The molecular formula is C18H18BrN3S. The number of nitrogens with zero attached hydrogens (tertiary/aromatic N) is 1. The third-order valence-corrected chi connectivity index (χ3v) is 4.89. The van der Waals surface area contributed by atoms with Crippen molar-refractivity contribution < 1.29 is 0 Å². The average molecular weight is 388 g/mol. The number of rotatable bonds is 4. The van der Waals surface area contributed by atoms with E-state index in [1.165, 1.54) is 16.3 Å². The fraction of sp³-hybridized carbons (Fsp3) is 0.167. The van der Waals surface area contributed by atoms with Gasteiger partial charge >= 0.3 is 0 Å². The predicted molar refractivity (Wildman–Crippen MR) is 104 cm³/mol. The van der Waals surface area contributed by atoms with Crippen LogP contribution in [0.4, 0.5) is 0 Å². The fourth-order valence-electron chi connectivity index (χ4n) is 2.71. The molecule has 1 atom stereocenters. The van der Waals surface area contributed by atoms with Crippen molar-refractivity contribution in [3.05, 3.63) is 72.5 Å². The van der Waals surface area contributed by atoms with Crippen LogP contribution in [0.2, 0.25) is 0 Å². The van der Waals surface area contributed by atoms with Crippen molar-refractivity contribution >= 4 is 44.0 Å². The molecule has 118 valence electrons. The van der Waals surface area contributed by atoms with Crippen LogP contribution in [-0.4, -0.2) is 21.1 Å². The first kappa shape index (κ1) is 16.0. The minimum absolute atomic E-state index is 0.262. The Morgan fingerprint density at radius 3 is 2.74 bits per heavy atom. The molecule has 0 saturated heterocycles. The largest absolute Gasteiger partial charge is 0.376 e. The summed E-state index contributed by atoms with van der Waals surface area (Å²) in [6.45, 7) is 0.833. The Hall–Kier alpha value is -1.85. The Bertz CT molecular complexity index is 787. The molecule has 0 bridgehead atoms. The average Bonchev–Trinajstić information content (AvgIpc) is 2.53. The number of allylic oxidation sites excluding steroid dienone is 2. The van der Waals surface area contributed by atoms with Crippen LogP contribution in [-0.2, 0) is 6.42 Å². The van der Waals surface area contributed by atoms with Gasteiger partial charge in [0.25, 0.3) is 0 Å². The highest BCUT2D eigenvalue weighted by Gasteiger charge is 2.30. The van der Waals surface area contributed by atoms with Gasteiger partial charge in [0.1, 0.15) is 0 Å². The van der Waals surface area contributed by atoms with Crippen molar-refractivity contribution in [2.45, 2.75) is 11.0 Å². The summed E-state index contributed by atoms with van der Waals surface area (Å²) in [5.41, 5.74) is 6.95. The number of hydrogen-bond donors (Lipinski definition) is 2. The number of halogens is 1. The van der Waals surface area contributed by atoms with Gasteiger partial charge in [0.05, 0.1) is 0 Å². The first-order chi connectivity index (χ1) is 11.1. The first-order valence-corrected chi connectivity index (χ1v) is 8.64. The molecule has 1 aliphatic heterocycles. The molecule has 0 aromatic heterocycles. The highest BCUT2D eigenvalue weighted by Crippen LogP contribution is 2.26. The highest BCUT2D eigenvalue weighted by molar-refractivity contribution is 9.10. The number of alkyl halides is 1. The predicted octanol–water partition coefficient (Wildman–Crippen LogP) is 3.65. The van der Waals surface area contributed by atoms with E-state index in [4.69, 9.17) is 18.0 Å². The normalized spacial score (nSPS) is 20.0. The molecule has 2 aromatic carbocycles. The van der Waals surface area contributed by atoms with Gasteiger partial charge in [-0.3, -0.25) is 0 Å². The van der Waals surface area contributed by atoms with E-state index >= 15 is 0 Å². The van der Waals surface area contributed by atoms with Gasteiger partial charge in [-0.15, -0.1) is 0 Å². The number of hydrogen-bond acceptors (Lipinski definition) is 2. The molecule has 3 nitrogen and oxygen atoms in total. The van der Waals surface area contributed by atoms with Crippen molar-refractivity contribution in [1.82, 2.24) is 10.2 Å². The molecule has 3 N–H and O–H groups in total. The van der Waals surface area contributed by atoms with Crippen LogP contribution < -0.4 is 11.1 Å². The van der Waals surface area contributed by atoms with E-state index in [-0.39, 0.29) is 5.11 Å². The lowest BCUT2D eigenvalue weighted by atomic mass is 10.0. The summed E-state index contributed by atoms with van der Waals surface area (Å²) in [5.74, 6) is 0. The van der Waals surface area contributed by atoms with Crippen LogP contribution in [0, 0.1) is 0 Å². The molecule has 2 aromatic rings. The van der Waals surface area contributed by atoms with Crippen LogP contribution in [0.3, 0.4) is 0 Å². The van der Waals surface area contributed by atoms with Crippen molar-refractivity contribution in [3.8, 4) is 0 Å². The Morgan fingerprint density at radius 1 is 1.17 bits per heavy atom. The molecule has 23 heavy (non-hydrogen) atoms. The maximum Gasteiger partial charge on any atom is 0.189 e. The Kier molecular flexibility index (Phi) is 4.68. The smallest absolute Gasteiger partial charge is 0.189 e. The summed E-state index contributed by atoms with van der Waals surface area (Å²) in [4.78, 5) is 2.14. The second kappa shape index (κ2) is 6.72. The van der Waals surface area contributed by atoms with E-state index in [1.807, 2.05) is 24.4 Å². The maximum atomic E-state index is 5.65. The van der Waals surface area contributed by atoms with Gasteiger partial charge in [0.15, 0.2) is 9.68 Å². The Balaban J connectivity index is 1.73. The van der Waals surface area contributed by atoms with Crippen LogP contribution in [0.25, 0.3) is 10.8 Å². The molecule has 0 spiro atoms. The van der Waals surface area contributed by atoms with E-state index in [1.54, 1.807) is 0 Å². The van der Waals surface area contributed by atoms with Crippen LogP contribution >= 0.6 is 28.1 Å². The van der Waals surface area contributed by atoms with Gasteiger partial charge in [-0.25, -0.2) is 0 Å². The van der Waals surface area contributed by atoms with Gasteiger partial charge in [-0.05, 0) is 63.1 Å². The van der Waals surface area contributed by atoms with Gasteiger partial charge in [-0.1, -0.05) is 48.5 Å². The second-order valence-electron chi connectivity index (χ2n) is 5.49. The highest BCUT2D eigenvalue weighted by atomic mass is 79.9. The van der Waals surface area contributed by atoms with Crippen molar-refractivity contribution in [2.75, 3.05) is 6.54 Å². The second-order valence-corrected chi connectivity index (χ2v) is 7.14. The summed E-state index contributed by atoms with van der Waals surface area (Å²) in [6.07, 6.45) is 8.91. The minimum Gasteiger partial charge on any atom is -0.376 e. The number of nitrogens with one attached hydrogen (secondary N) is 1. The van der Waals surface area contributed by atoms with E-state index in [2.05, 4.69) is 68.6 Å². The molecular weight excluding hydrogens is 370 g/mol. The number of nitrogens with two attached hydrogens (primary N) is 1. The molecule has 0 aliphatic carbocycles. The zero-order chi connectivity index (χ0) is 16.3. The molecule has 1 unspecified atom stereocenters. The molecule has 3 rings (SSSR count). The minimum atomic E-state index is -0.565. The Labute approximate surface area is 150 Å². The van der Waals surface area contributed by atoms with Crippen LogP contribution in [0.5, 0.6) is 0 Å². The monoisotopic (exact) mass is 387 g/mol. The Morgan fingerprint density at radius 2 is 1.96 bits per heavy atom. The SMILES string of the molecule is NC(=S)NC1(Br)C=CC=CN1CCc1ccc2ccccc2c1. The van der Waals surface area contributed by atoms with E-state index in [9.17, 15) is 0 Å². The molecule has 0 radical (unpaired) electrons. The summed E-state index contributed by atoms with van der Waals surface area (Å²) in [7, 11) is 0. The fourth-order valence-corrected chi connectivity index (χ4v) is 3.66. The van der Waals surface area contributed by atoms with Crippen molar-refractivity contribution in [3.63, 3.8) is 0 Å². The van der Waals surface area contributed by atoms with Gasteiger partial charge < -0.3 is 16.0 Å². The first-order valence-electron chi connectivity index (χ1n) is 7.44. The third kappa shape index (κ3) is 3.74.